The van der Waals surface area contributed by atoms with E-state index in [2.05, 4.69) is 5.32 Å². The van der Waals surface area contributed by atoms with Crippen LogP contribution in [0.4, 0.5) is 0 Å². The van der Waals surface area contributed by atoms with Crippen LogP contribution in [0, 0.1) is 5.92 Å². The molecule has 1 saturated heterocycles. The van der Waals surface area contributed by atoms with E-state index in [4.69, 9.17) is 0 Å². The molecule has 1 heterocycles. The Labute approximate surface area is 113 Å². The van der Waals surface area contributed by atoms with Gasteiger partial charge in [0.25, 0.3) is 0 Å². The van der Waals surface area contributed by atoms with E-state index in [0.29, 0.717) is 5.56 Å². The van der Waals surface area contributed by atoms with Gasteiger partial charge in [-0.3, -0.25) is 9.59 Å². The van der Waals surface area contributed by atoms with E-state index in [1.54, 1.807) is 12.1 Å². The fourth-order valence-corrected chi connectivity index (χ4v) is 2.17. The van der Waals surface area contributed by atoms with Gasteiger partial charge in [0.1, 0.15) is 5.78 Å². The minimum atomic E-state index is -0.0610. The Morgan fingerprint density at radius 2 is 1.72 bits per heavy atom. The number of hydrogen-bond acceptors (Lipinski definition) is 3. The van der Waals surface area contributed by atoms with Crippen molar-refractivity contribution in [1.82, 2.24) is 5.32 Å². The number of carbonyl (C=O) groups is 2. The Morgan fingerprint density at radius 1 is 1.11 bits per heavy atom. The molecule has 1 aliphatic heterocycles. The highest BCUT2D eigenvalue weighted by molar-refractivity contribution is 6.08. The number of carbonyl (C=O) groups excluding carboxylic acids is 2. The summed E-state index contributed by atoms with van der Waals surface area (Å²) in [4.78, 5) is 23.8. The van der Waals surface area contributed by atoms with Crippen LogP contribution in [0.15, 0.2) is 30.3 Å². The number of hydrogen-bond donors (Lipinski definition) is 1. The van der Waals surface area contributed by atoms with Crippen LogP contribution in [0.25, 0.3) is 0 Å². The third kappa shape index (κ3) is 3.93. The van der Waals surface area contributed by atoms with Crippen LogP contribution in [-0.4, -0.2) is 24.7 Å². The van der Waals surface area contributed by atoms with Gasteiger partial charge in [-0.2, -0.15) is 0 Å². The topological polar surface area (TPSA) is 46.2 Å². The van der Waals surface area contributed by atoms with Gasteiger partial charge in [-0.05, 0) is 25.9 Å². The van der Waals surface area contributed by atoms with Crippen molar-refractivity contribution in [3.8, 4) is 0 Å². The lowest BCUT2D eigenvalue weighted by Crippen LogP contribution is -2.32. The maximum atomic E-state index is 11.9. The van der Waals surface area contributed by atoms with Gasteiger partial charge in [0.05, 0.1) is 6.42 Å². The molecule has 1 aromatic carbocycles. The summed E-state index contributed by atoms with van der Waals surface area (Å²) in [6.07, 6.45) is 1.77. The van der Waals surface area contributed by atoms with Crippen molar-refractivity contribution in [1.29, 1.82) is 0 Å². The van der Waals surface area contributed by atoms with Crippen LogP contribution in [0.3, 0.4) is 0 Å². The van der Waals surface area contributed by atoms with E-state index in [1.807, 2.05) is 18.2 Å². The standard InChI is InChI=1S/C14H17NO2.ClH/c16-13(11-4-2-1-3-5-11)10-14(17)12-6-8-15-9-7-12;/h1-5,12,15H,6-10H2;1H. The van der Waals surface area contributed by atoms with Crippen molar-refractivity contribution in [2.24, 2.45) is 5.92 Å². The minimum absolute atomic E-state index is 0. The molecule has 0 unspecified atom stereocenters. The van der Waals surface area contributed by atoms with E-state index in [0.717, 1.165) is 25.9 Å². The second-order valence-corrected chi connectivity index (χ2v) is 4.46. The zero-order valence-electron chi connectivity index (χ0n) is 10.2. The second-order valence-electron chi connectivity index (χ2n) is 4.46. The highest BCUT2D eigenvalue weighted by Crippen LogP contribution is 2.16. The van der Waals surface area contributed by atoms with Crippen molar-refractivity contribution in [2.75, 3.05) is 13.1 Å². The quantitative estimate of drug-likeness (QED) is 0.672. The first-order chi connectivity index (χ1) is 8.27. The Bertz CT molecular complexity index is 400. The lowest BCUT2D eigenvalue weighted by atomic mass is 9.90. The molecule has 18 heavy (non-hydrogen) atoms. The number of rotatable bonds is 4. The SMILES string of the molecule is Cl.O=C(CC(=O)C1CCNCC1)c1ccccc1. The third-order valence-electron chi connectivity index (χ3n) is 3.23. The monoisotopic (exact) mass is 267 g/mol. The average molecular weight is 268 g/mol. The largest absolute Gasteiger partial charge is 0.317 e. The van der Waals surface area contributed by atoms with Crippen LogP contribution in [-0.2, 0) is 4.79 Å². The van der Waals surface area contributed by atoms with Crippen molar-refractivity contribution in [3.05, 3.63) is 35.9 Å². The van der Waals surface area contributed by atoms with Gasteiger partial charge >= 0.3 is 0 Å². The first kappa shape index (κ1) is 14.9. The van der Waals surface area contributed by atoms with Gasteiger partial charge < -0.3 is 5.32 Å². The summed E-state index contributed by atoms with van der Waals surface area (Å²) >= 11 is 0. The first-order valence-corrected chi connectivity index (χ1v) is 6.09. The normalized spacial score (nSPS) is 15.8. The summed E-state index contributed by atoms with van der Waals surface area (Å²) in [6, 6.07) is 9.03. The molecule has 0 bridgehead atoms. The average Bonchev–Trinajstić information content (AvgIpc) is 2.40. The van der Waals surface area contributed by atoms with Crippen molar-refractivity contribution in [3.63, 3.8) is 0 Å². The molecular formula is C14H18ClNO2. The molecule has 4 heteroatoms. The molecule has 2 rings (SSSR count). The predicted molar refractivity (Wildman–Crippen MR) is 73.2 cm³/mol. The Kier molecular flexibility index (Phi) is 6.02. The number of halogens is 1. The molecule has 0 amide bonds. The molecule has 98 valence electrons. The van der Waals surface area contributed by atoms with E-state index in [1.165, 1.54) is 0 Å². The van der Waals surface area contributed by atoms with E-state index in [9.17, 15) is 9.59 Å². The fraction of sp³-hybridized carbons (Fsp3) is 0.429. The highest BCUT2D eigenvalue weighted by atomic mass is 35.5. The smallest absolute Gasteiger partial charge is 0.170 e. The van der Waals surface area contributed by atoms with Crippen LogP contribution in [0.5, 0.6) is 0 Å². The molecule has 1 N–H and O–H groups in total. The molecule has 1 fully saturated rings. The van der Waals surface area contributed by atoms with Crippen LogP contribution in [0.2, 0.25) is 0 Å². The number of Topliss-reactive ketones (excluding diaryl/α,β-unsaturated/α-hetero) is 2. The molecule has 0 atom stereocenters. The maximum Gasteiger partial charge on any atom is 0.170 e. The molecule has 0 saturated carbocycles. The van der Waals surface area contributed by atoms with Crippen LogP contribution < -0.4 is 5.32 Å². The molecule has 0 aliphatic carbocycles. The van der Waals surface area contributed by atoms with E-state index in [-0.39, 0.29) is 36.3 Å². The molecule has 0 spiro atoms. The molecule has 3 nitrogen and oxygen atoms in total. The summed E-state index contributed by atoms with van der Waals surface area (Å²) in [5, 5.41) is 3.22. The predicted octanol–water partition coefficient (Wildman–Crippen LogP) is 2.25. The van der Waals surface area contributed by atoms with Gasteiger partial charge in [0.2, 0.25) is 0 Å². The second kappa shape index (κ2) is 7.29. The van der Waals surface area contributed by atoms with Gasteiger partial charge in [-0.15, -0.1) is 12.4 Å². The highest BCUT2D eigenvalue weighted by Gasteiger charge is 2.23. The Hall–Kier alpha value is -1.19. The minimum Gasteiger partial charge on any atom is -0.317 e. The molecule has 0 aromatic heterocycles. The zero-order valence-corrected chi connectivity index (χ0v) is 11.0. The number of nitrogens with one attached hydrogen (secondary N) is 1. The summed E-state index contributed by atoms with van der Waals surface area (Å²) < 4.78 is 0. The molecule has 1 aliphatic rings. The fourth-order valence-electron chi connectivity index (χ4n) is 2.17. The zero-order chi connectivity index (χ0) is 12.1. The van der Waals surface area contributed by atoms with Gasteiger partial charge in [-0.25, -0.2) is 0 Å². The summed E-state index contributed by atoms with van der Waals surface area (Å²) in [6.45, 7) is 1.77. The van der Waals surface area contributed by atoms with Crippen LogP contribution in [0.1, 0.15) is 29.6 Å². The lowest BCUT2D eigenvalue weighted by molar-refractivity contribution is -0.122. The molecule has 0 radical (unpaired) electrons. The van der Waals surface area contributed by atoms with Gasteiger partial charge in [0.15, 0.2) is 5.78 Å². The number of benzene rings is 1. The molecular weight excluding hydrogens is 250 g/mol. The number of piperidine rings is 1. The lowest BCUT2D eigenvalue weighted by Gasteiger charge is -2.20. The maximum absolute atomic E-state index is 11.9. The number of ketones is 2. The van der Waals surface area contributed by atoms with Crippen molar-refractivity contribution < 1.29 is 9.59 Å². The first-order valence-electron chi connectivity index (χ1n) is 6.09. The van der Waals surface area contributed by atoms with Gasteiger partial charge in [-0.1, -0.05) is 30.3 Å². The van der Waals surface area contributed by atoms with Crippen molar-refractivity contribution in [2.45, 2.75) is 19.3 Å². The van der Waals surface area contributed by atoms with E-state index >= 15 is 0 Å². The van der Waals surface area contributed by atoms with Crippen LogP contribution >= 0.6 is 12.4 Å². The van der Waals surface area contributed by atoms with E-state index < -0.39 is 0 Å². The summed E-state index contributed by atoms with van der Waals surface area (Å²) in [5.41, 5.74) is 0.634. The Balaban J connectivity index is 0.00000162. The summed E-state index contributed by atoms with van der Waals surface area (Å²) in [7, 11) is 0. The summed E-state index contributed by atoms with van der Waals surface area (Å²) in [5.74, 6) is 0.110. The van der Waals surface area contributed by atoms with Gasteiger partial charge in [0, 0.05) is 11.5 Å². The third-order valence-corrected chi connectivity index (χ3v) is 3.23. The van der Waals surface area contributed by atoms with Crippen molar-refractivity contribution >= 4 is 24.0 Å². The molecule has 1 aromatic rings. The Morgan fingerprint density at radius 3 is 2.33 bits per heavy atom.